The normalized spacial score (nSPS) is 15.3. The molecule has 0 saturated carbocycles. The van der Waals surface area contributed by atoms with Crippen molar-refractivity contribution in [3.63, 3.8) is 0 Å². The fourth-order valence-corrected chi connectivity index (χ4v) is 4.00. The Morgan fingerprint density at radius 1 is 1.46 bits per heavy atom. The summed E-state index contributed by atoms with van der Waals surface area (Å²) in [5.41, 5.74) is 3.11. The third-order valence-electron chi connectivity index (χ3n) is 4.94. The zero-order chi connectivity index (χ0) is 20.0. The van der Waals surface area contributed by atoms with Gasteiger partial charge in [0, 0.05) is 12.6 Å². The topological polar surface area (TPSA) is 97.8 Å². The summed E-state index contributed by atoms with van der Waals surface area (Å²) in [5.74, 6) is 0.770. The summed E-state index contributed by atoms with van der Waals surface area (Å²) in [5, 5.41) is 16.6. The van der Waals surface area contributed by atoms with Gasteiger partial charge in [0.2, 0.25) is 5.95 Å². The number of aryl methyl sites for hydroxylation is 2. The van der Waals surface area contributed by atoms with Crippen LogP contribution in [0.25, 0.3) is 11.0 Å². The molecule has 1 amide bonds. The van der Waals surface area contributed by atoms with E-state index in [9.17, 15) is 10.1 Å². The molecule has 0 bridgehead atoms. The predicted molar refractivity (Wildman–Crippen MR) is 108 cm³/mol. The molecule has 1 aromatic carbocycles. The molecule has 3 heterocycles. The van der Waals surface area contributed by atoms with Crippen LogP contribution in [-0.2, 0) is 6.54 Å². The highest BCUT2D eigenvalue weighted by atomic mass is 79.9. The van der Waals surface area contributed by atoms with Crippen molar-refractivity contribution in [2.75, 3.05) is 11.9 Å². The molecule has 0 aliphatic carbocycles. The van der Waals surface area contributed by atoms with Crippen molar-refractivity contribution in [1.82, 2.24) is 19.3 Å². The average Bonchev–Trinajstić information content (AvgIpc) is 3.20. The lowest BCUT2D eigenvalue weighted by Gasteiger charge is -2.26. The largest absolute Gasteiger partial charge is 0.489 e. The number of aromatic nitrogens is 4. The van der Waals surface area contributed by atoms with Crippen LogP contribution in [0.4, 0.5) is 5.95 Å². The second-order valence-corrected chi connectivity index (χ2v) is 7.44. The van der Waals surface area contributed by atoms with E-state index < -0.39 is 0 Å². The molecule has 4 rings (SSSR count). The van der Waals surface area contributed by atoms with Gasteiger partial charge in [0.25, 0.3) is 5.91 Å². The van der Waals surface area contributed by atoms with Gasteiger partial charge in [-0.2, -0.15) is 10.4 Å². The average molecular weight is 443 g/mol. The quantitative estimate of drug-likeness (QED) is 0.662. The molecule has 144 valence electrons. The maximum absolute atomic E-state index is 13.1. The second kappa shape index (κ2) is 6.95. The molecule has 2 aromatic heterocycles. The maximum atomic E-state index is 13.1. The predicted octanol–water partition coefficient (Wildman–Crippen LogP) is 3.79. The Kier molecular flexibility index (Phi) is 4.59. The summed E-state index contributed by atoms with van der Waals surface area (Å²) in [4.78, 5) is 17.7. The third-order valence-corrected chi connectivity index (χ3v) is 5.89. The Balaban J connectivity index is 1.83. The molecular formula is C19H19BrN6O2. The number of rotatable bonds is 4. The molecule has 1 aliphatic heterocycles. The van der Waals surface area contributed by atoms with Crippen LogP contribution < -0.4 is 10.1 Å². The molecule has 3 aromatic rings. The third kappa shape index (κ3) is 2.76. The number of carbonyl (C=O) groups is 1. The summed E-state index contributed by atoms with van der Waals surface area (Å²) in [6.45, 7) is 6.88. The molecule has 0 unspecified atom stereocenters. The van der Waals surface area contributed by atoms with Crippen LogP contribution in [0.1, 0.15) is 48.1 Å². The van der Waals surface area contributed by atoms with E-state index in [0.717, 1.165) is 17.6 Å². The van der Waals surface area contributed by atoms with Crippen LogP contribution in [0.3, 0.4) is 0 Å². The van der Waals surface area contributed by atoms with Gasteiger partial charge in [0.05, 0.1) is 33.4 Å². The number of nitrogens with zero attached hydrogens (tertiary/aromatic N) is 5. The van der Waals surface area contributed by atoms with Crippen molar-refractivity contribution in [2.24, 2.45) is 0 Å². The van der Waals surface area contributed by atoms with Crippen LogP contribution in [0.5, 0.6) is 5.75 Å². The van der Waals surface area contributed by atoms with Crippen molar-refractivity contribution in [2.45, 2.75) is 39.8 Å². The van der Waals surface area contributed by atoms with Gasteiger partial charge in [-0.15, -0.1) is 0 Å². The minimum absolute atomic E-state index is 0.0435. The number of hydrogen-bond donors (Lipinski definition) is 1. The Bertz CT molecular complexity index is 1140. The summed E-state index contributed by atoms with van der Waals surface area (Å²) in [6, 6.07) is 5.60. The Morgan fingerprint density at radius 3 is 2.93 bits per heavy atom. The van der Waals surface area contributed by atoms with Crippen molar-refractivity contribution in [3.8, 4) is 11.8 Å². The first-order chi connectivity index (χ1) is 13.5. The minimum Gasteiger partial charge on any atom is -0.489 e. The first-order valence-corrected chi connectivity index (χ1v) is 9.90. The van der Waals surface area contributed by atoms with E-state index in [1.54, 1.807) is 16.8 Å². The van der Waals surface area contributed by atoms with Gasteiger partial charge < -0.3 is 9.30 Å². The first-order valence-electron chi connectivity index (χ1n) is 9.11. The number of nitriles is 1. The van der Waals surface area contributed by atoms with Gasteiger partial charge in [-0.3, -0.25) is 14.8 Å². The first kappa shape index (κ1) is 18.5. The molecule has 1 atom stereocenters. The molecule has 0 saturated heterocycles. The highest BCUT2D eigenvalue weighted by molar-refractivity contribution is 9.10. The number of carbonyl (C=O) groups excluding carboxylic acids is 1. The van der Waals surface area contributed by atoms with Crippen LogP contribution in [0.15, 0.2) is 16.6 Å². The number of hydrogen-bond acceptors (Lipinski definition) is 5. The van der Waals surface area contributed by atoms with Crippen molar-refractivity contribution < 1.29 is 9.53 Å². The molecule has 28 heavy (non-hydrogen) atoms. The molecular weight excluding hydrogens is 424 g/mol. The highest BCUT2D eigenvalue weighted by Gasteiger charge is 2.29. The Labute approximate surface area is 170 Å². The summed E-state index contributed by atoms with van der Waals surface area (Å²) < 4.78 is 10.2. The summed E-state index contributed by atoms with van der Waals surface area (Å²) in [6.07, 6.45) is 0.823. The lowest BCUT2D eigenvalue weighted by Crippen LogP contribution is -2.25. The monoisotopic (exact) mass is 442 g/mol. The van der Waals surface area contributed by atoms with Crippen LogP contribution in [0.2, 0.25) is 0 Å². The highest BCUT2D eigenvalue weighted by Crippen LogP contribution is 2.38. The maximum Gasteiger partial charge on any atom is 0.277 e. The lowest BCUT2D eigenvalue weighted by molar-refractivity contribution is 0.101. The number of benzene rings is 1. The fourth-order valence-electron chi connectivity index (χ4n) is 3.54. The van der Waals surface area contributed by atoms with Crippen molar-refractivity contribution in [3.05, 3.63) is 33.6 Å². The number of anilines is 1. The minimum atomic E-state index is -0.288. The van der Waals surface area contributed by atoms with E-state index in [0.29, 0.717) is 46.1 Å². The molecule has 9 heteroatoms. The Morgan fingerprint density at radius 2 is 2.25 bits per heavy atom. The fraction of sp³-hybridized carbons (Fsp3) is 0.368. The standard InChI is InChI=1S/C19H19BrN6O2/c1-4-12-9-28-14-7-11(8-21)6-13-16(14)26(12)19(22-13)23-18(27)17-15(20)10(3)24-25(17)5-2/h6-7,12H,4-5,9H2,1-3H3,(H,22,23,27)/t12-/m0/s1. The van der Waals surface area contributed by atoms with Crippen LogP contribution in [0, 0.1) is 18.3 Å². The summed E-state index contributed by atoms with van der Waals surface area (Å²) in [7, 11) is 0. The van der Waals surface area contributed by atoms with Crippen LogP contribution >= 0.6 is 15.9 Å². The number of ether oxygens (including phenoxy) is 1. The lowest BCUT2D eigenvalue weighted by atomic mass is 10.1. The van der Waals surface area contributed by atoms with Gasteiger partial charge in [-0.1, -0.05) is 6.92 Å². The number of halogens is 1. The van der Waals surface area contributed by atoms with E-state index in [-0.39, 0.29) is 11.9 Å². The van der Waals surface area contributed by atoms with Gasteiger partial charge in [0.15, 0.2) is 0 Å². The van der Waals surface area contributed by atoms with Gasteiger partial charge in [-0.25, -0.2) is 4.98 Å². The van der Waals surface area contributed by atoms with Gasteiger partial charge >= 0.3 is 0 Å². The second-order valence-electron chi connectivity index (χ2n) is 6.65. The van der Waals surface area contributed by atoms with Crippen molar-refractivity contribution >= 4 is 38.8 Å². The Hall–Kier alpha value is -2.86. The number of nitrogens with one attached hydrogen (secondary N) is 1. The molecule has 0 fully saturated rings. The van der Waals surface area contributed by atoms with E-state index in [2.05, 4.69) is 44.3 Å². The molecule has 0 spiro atoms. The van der Waals surface area contributed by atoms with Crippen LogP contribution in [-0.4, -0.2) is 31.8 Å². The van der Waals surface area contributed by atoms with E-state index in [1.165, 1.54) is 0 Å². The van der Waals surface area contributed by atoms with E-state index >= 15 is 0 Å². The van der Waals surface area contributed by atoms with E-state index in [4.69, 9.17) is 4.74 Å². The van der Waals surface area contributed by atoms with Gasteiger partial charge in [0.1, 0.15) is 23.6 Å². The smallest absolute Gasteiger partial charge is 0.277 e. The molecule has 1 N–H and O–H groups in total. The van der Waals surface area contributed by atoms with Gasteiger partial charge in [-0.05, 0) is 42.3 Å². The SMILES string of the molecule is CC[C@H]1COc2cc(C#N)cc3nc(NC(=O)c4c(Br)c(C)nn4CC)n1c23. The molecule has 8 nitrogen and oxygen atoms in total. The summed E-state index contributed by atoms with van der Waals surface area (Å²) >= 11 is 3.47. The molecule has 1 aliphatic rings. The number of amides is 1. The number of imidazole rings is 1. The molecule has 0 radical (unpaired) electrons. The zero-order valence-corrected chi connectivity index (χ0v) is 17.4. The van der Waals surface area contributed by atoms with E-state index in [1.807, 2.05) is 18.4 Å². The zero-order valence-electron chi connectivity index (χ0n) is 15.8. The van der Waals surface area contributed by atoms with Crippen molar-refractivity contribution in [1.29, 1.82) is 5.26 Å².